The zero-order chi connectivity index (χ0) is 12.0. The molecule has 0 unspecified atom stereocenters. The number of nitrogens with zero attached hydrogens (tertiary/aromatic N) is 2. The summed E-state index contributed by atoms with van der Waals surface area (Å²) in [6.07, 6.45) is 2.35. The predicted octanol–water partition coefficient (Wildman–Crippen LogP) is 0.0498. The number of ether oxygens (including phenoxy) is 1. The minimum absolute atomic E-state index is 0.0327. The molecule has 1 heterocycles. The van der Waals surface area contributed by atoms with Crippen molar-refractivity contribution in [2.45, 2.75) is 6.42 Å². The lowest BCUT2D eigenvalue weighted by Crippen LogP contribution is -2.27. The van der Waals surface area contributed by atoms with Crippen molar-refractivity contribution in [2.75, 3.05) is 27.2 Å². The number of hydrogen-bond acceptors (Lipinski definition) is 4. The van der Waals surface area contributed by atoms with Crippen LogP contribution in [0.4, 0.5) is 0 Å². The summed E-state index contributed by atoms with van der Waals surface area (Å²) in [7, 11) is 3.38. The molecule has 0 aliphatic heterocycles. The van der Waals surface area contributed by atoms with Gasteiger partial charge in [0.1, 0.15) is 5.75 Å². The van der Waals surface area contributed by atoms with E-state index in [-0.39, 0.29) is 12.5 Å². The highest BCUT2D eigenvalue weighted by Gasteiger charge is 2.04. The number of hydrogen-bond donors (Lipinski definition) is 1. The van der Waals surface area contributed by atoms with Crippen LogP contribution in [-0.4, -0.2) is 43.0 Å². The molecule has 0 radical (unpaired) electrons. The molecule has 0 fully saturated rings. The molecule has 0 spiro atoms. The molecule has 1 rings (SSSR count). The lowest BCUT2D eigenvalue weighted by atomic mass is 10.3. The van der Waals surface area contributed by atoms with Crippen molar-refractivity contribution in [2.24, 2.45) is 5.73 Å². The highest BCUT2D eigenvalue weighted by molar-refractivity contribution is 5.77. The zero-order valence-corrected chi connectivity index (χ0v) is 9.64. The summed E-state index contributed by atoms with van der Waals surface area (Å²) in [5.74, 6) is 0.516. The fourth-order valence-corrected chi connectivity index (χ4v) is 1.07. The third-order valence-corrected chi connectivity index (χ3v) is 2.06. The second-order valence-electron chi connectivity index (χ2n) is 3.60. The van der Waals surface area contributed by atoms with Gasteiger partial charge < -0.3 is 15.4 Å². The number of likely N-dealkylation sites (N-methyl/N-ethyl adjacent to an activating group) is 1. The summed E-state index contributed by atoms with van der Waals surface area (Å²) in [6.45, 7) is 0.608. The third-order valence-electron chi connectivity index (χ3n) is 2.06. The molecule has 1 aromatic rings. The Morgan fingerprint density at radius 2 is 2.25 bits per heavy atom. The molecule has 0 aliphatic carbocycles. The Hall–Kier alpha value is -1.62. The lowest BCUT2D eigenvalue weighted by molar-refractivity contribution is -0.130. The second kappa shape index (κ2) is 6.07. The zero-order valence-electron chi connectivity index (χ0n) is 9.64. The van der Waals surface area contributed by atoms with Crippen LogP contribution in [0.15, 0.2) is 18.3 Å². The summed E-state index contributed by atoms with van der Waals surface area (Å²) >= 11 is 0. The minimum atomic E-state index is -0.0777. The van der Waals surface area contributed by atoms with E-state index < -0.39 is 0 Å². The van der Waals surface area contributed by atoms with Crippen LogP contribution < -0.4 is 10.5 Å². The molecule has 0 bridgehead atoms. The van der Waals surface area contributed by atoms with Gasteiger partial charge in [0.2, 0.25) is 0 Å². The lowest BCUT2D eigenvalue weighted by Gasteiger charge is -2.11. The van der Waals surface area contributed by atoms with Crippen LogP contribution in [0.2, 0.25) is 0 Å². The second-order valence-corrected chi connectivity index (χ2v) is 3.60. The third kappa shape index (κ3) is 3.86. The fourth-order valence-electron chi connectivity index (χ4n) is 1.07. The van der Waals surface area contributed by atoms with Gasteiger partial charge in [-0.3, -0.25) is 9.78 Å². The Labute approximate surface area is 95.2 Å². The van der Waals surface area contributed by atoms with Gasteiger partial charge in [0, 0.05) is 26.2 Å². The maximum atomic E-state index is 11.2. The highest BCUT2D eigenvalue weighted by Crippen LogP contribution is 2.09. The molecular formula is C11H17N3O2. The number of nitrogens with two attached hydrogens (primary N) is 1. The van der Waals surface area contributed by atoms with Gasteiger partial charge in [-0.2, -0.15) is 0 Å². The van der Waals surface area contributed by atoms with E-state index in [9.17, 15) is 4.79 Å². The molecular weight excluding hydrogens is 206 g/mol. The number of aromatic nitrogens is 1. The molecule has 5 nitrogen and oxygen atoms in total. The first kappa shape index (κ1) is 12.4. The van der Waals surface area contributed by atoms with Gasteiger partial charge in [-0.05, 0) is 18.7 Å². The Morgan fingerprint density at radius 3 is 2.75 bits per heavy atom. The van der Waals surface area contributed by atoms with E-state index in [1.165, 1.54) is 4.90 Å². The topological polar surface area (TPSA) is 68.5 Å². The van der Waals surface area contributed by atoms with Gasteiger partial charge in [0.25, 0.3) is 5.91 Å². The normalized spacial score (nSPS) is 9.94. The molecule has 2 N–H and O–H groups in total. The van der Waals surface area contributed by atoms with Crippen LogP contribution in [0.25, 0.3) is 0 Å². The monoisotopic (exact) mass is 223 g/mol. The van der Waals surface area contributed by atoms with E-state index in [1.54, 1.807) is 26.4 Å². The van der Waals surface area contributed by atoms with Crippen molar-refractivity contribution in [3.05, 3.63) is 24.0 Å². The van der Waals surface area contributed by atoms with E-state index in [4.69, 9.17) is 10.5 Å². The van der Waals surface area contributed by atoms with Gasteiger partial charge in [-0.1, -0.05) is 0 Å². The molecule has 0 aromatic carbocycles. The first-order valence-corrected chi connectivity index (χ1v) is 5.11. The Morgan fingerprint density at radius 1 is 1.50 bits per heavy atom. The van der Waals surface area contributed by atoms with E-state index in [1.807, 2.05) is 6.07 Å². The van der Waals surface area contributed by atoms with Gasteiger partial charge >= 0.3 is 0 Å². The number of amides is 1. The van der Waals surface area contributed by atoms with Crippen molar-refractivity contribution in [1.82, 2.24) is 9.88 Å². The number of carbonyl (C=O) groups is 1. The van der Waals surface area contributed by atoms with Crippen molar-refractivity contribution in [3.63, 3.8) is 0 Å². The van der Waals surface area contributed by atoms with Gasteiger partial charge in [-0.25, -0.2) is 0 Å². The molecule has 5 heteroatoms. The molecule has 1 amide bonds. The molecule has 16 heavy (non-hydrogen) atoms. The van der Waals surface area contributed by atoms with Gasteiger partial charge in [0.05, 0.1) is 6.20 Å². The molecule has 1 aromatic heterocycles. The molecule has 0 atom stereocenters. The average Bonchev–Trinajstić information content (AvgIpc) is 2.28. The summed E-state index contributed by atoms with van der Waals surface area (Å²) in [5, 5.41) is 0. The molecule has 0 saturated heterocycles. The molecule has 88 valence electrons. The van der Waals surface area contributed by atoms with E-state index in [2.05, 4.69) is 4.98 Å². The number of rotatable bonds is 5. The highest BCUT2D eigenvalue weighted by atomic mass is 16.5. The van der Waals surface area contributed by atoms with Crippen LogP contribution in [0, 0.1) is 0 Å². The number of pyridine rings is 1. The maximum Gasteiger partial charge on any atom is 0.259 e. The first-order valence-electron chi connectivity index (χ1n) is 5.11. The van der Waals surface area contributed by atoms with Gasteiger partial charge in [0.15, 0.2) is 6.61 Å². The Balaban J connectivity index is 2.46. The SMILES string of the molecule is CN(C)C(=O)COc1ccc(CCN)nc1. The van der Waals surface area contributed by atoms with Crippen LogP contribution in [-0.2, 0) is 11.2 Å². The minimum Gasteiger partial charge on any atom is -0.482 e. The maximum absolute atomic E-state index is 11.2. The van der Waals surface area contributed by atoms with Crippen molar-refractivity contribution in [3.8, 4) is 5.75 Å². The van der Waals surface area contributed by atoms with Gasteiger partial charge in [-0.15, -0.1) is 0 Å². The van der Waals surface area contributed by atoms with Crippen LogP contribution >= 0.6 is 0 Å². The average molecular weight is 223 g/mol. The van der Waals surface area contributed by atoms with Crippen molar-refractivity contribution in [1.29, 1.82) is 0 Å². The Kier molecular flexibility index (Phi) is 4.72. The molecule has 0 aliphatic rings. The quantitative estimate of drug-likeness (QED) is 0.766. The van der Waals surface area contributed by atoms with Crippen LogP contribution in [0.5, 0.6) is 5.75 Å². The van der Waals surface area contributed by atoms with Crippen LogP contribution in [0.1, 0.15) is 5.69 Å². The van der Waals surface area contributed by atoms with Crippen molar-refractivity contribution >= 4 is 5.91 Å². The molecule has 0 saturated carbocycles. The fraction of sp³-hybridized carbons (Fsp3) is 0.455. The summed E-state index contributed by atoms with van der Waals surface area (Å²) in [4.78, 5) is 16.9. The van der Waals surface area contributed by atoms with Crippen molar-refractivity contribution < 1.29 is 9.53 Å². The predicted molar refractivity (Wildman–Crippen MR) is 61.2 cm³/mol. The summed E-state index contributed by atoms with van der Waals surface area (Å²) in [5.41, 5.74) is 6.33. The van der Waals surface area contributed by atoms with E-state index in [0.717, 1.165) is 12.1 Å². The number of carbonyl (C=O) groups excluding carboxylic acids is 1. The summed E-state index contributed by atoms with van der Waals surface area (Å²) < 4.78 is 5.28. The smallest absolute Gasteiger partial charge is 0.259 e. The largest absolute Gasteiger partial charge is 0.482 e. The Bertz CT molecular complexity index is 336. The van der Waals surface area contributed by atoms with E-state index >= 15 is 0 Å². The first-order chi connectivity index (χ1) is 7.63. The van der Waals surface area contributed by atoms with E-state index in [0.29, 0.717) is 12.3 Å². The summed E-state index contributed by atoms with van der Waals surface area (Å²) in [6, 6.07) is 3.64. The van der Waals surface area contributed by atoms with Crippen LogP contribution in [0.3, 0.4) is 0 Å². The standard InChI is InChI=1S/C11H17N3O2/c1-14(2)11(15)8-16-10-4-3-9(5-6-12)13-7-10/h3-4,7H,5-6,8,12H2,1-2H3.